The van der Waals surface area contributed by atoms with E-state index in [-0.39, 0.29) is 47.3 Å². The number of primary amides is 3. The number of phenolic OH excluding ortho intramolecular Hbond substituents is 1. The molecule has 4 aromatic carbocycles. The van der Waals surface area contributed by atoms with Crippen molar-refractivity contribution < 1.29 is 82.4 Å². The van der Waals surface area contributed by atoms with E-state index in [1.807, 2.05) is 37.3 Å². The van der Waals surface area contributed by atoms with Crippen molar-refractivity contribution in [3.63, 3.8) is 0 Å². The molecule has 0 bridgehead atoms. The molecule has 538 valence electrons. The minimum atomic E-state index is -3.53. The van der Waals surface area contributed by atoms with Gasteiger partial charge in [-0.2, -0.15) is 25.3 Å². The number of amides is 8. The molecule has 12 atom stereocenters. The second-order valence-corrected chi connectivity index (χ2v) is 25.3. The lowest BCUT2D eigenvalue weighted by Gasteiger charge is -2.52. The van der Waals surface area contributed by atoms with Crippen LogP contribution in [0.25, 0.3) is 0 Å². The molecule has 8 amide bonds. The lowest BCUT2D eigenvalue weighted by molar-refractivity contribution is -0.185. The SMILES string of the molecule is CC(C)CC(NC(=O)C1CCCN1)C(=O)N(C(=O)C(N)CS)C(Cc1ccccc1)(C(=O)O)C(CC(N)=O)(C(=O)C(N)CCC(N)=O)C(=O)C(N)CC(N)=O.CCC(C)C(NC(=O)C(Cc1ccc(O)cc1)NC(=O)C(CS)NC(C(=O)OCc1ccccc1)c1ccccc1)C(=O)O. The summed E-state index contributed by atoms with van der Waals surface area (Å²) in [5.74, 6) is -17.0. The van der Waals surface area contributed by atoms with Gasteiger partial charge < -0.3 is 75.7 Å². The van der Waals surface area contributed by atoms with E-state index < -0.39 is 186 Å². The van der Waals surface area contributed by atoms with Crippen LogP contribution in [0, 0.1) is 17.3 Å². The van der Waals surface area contributed by atoms with Gasteiger partial charge in [0.25, 0.3) is 5.91 Å². The van der Waals surface area contributed by atoms with Crippen LogP contribution in [-0.4, -0.2) is 169 Å². The highest BCUT2D eigenvalue weighted by molar-refractivity contribution is 7.80. The first kappa shape index (κ1) is 82.3. The number of aromatic hydroxyl groups is 1. The Bertz CT molecular complexity index is 3450. The third-order valence-corrected chi connectivity index (χ3v) is 17.5. The molecule has 31 heteroatoms. The molecule has 1 fully saturated rings. The number of nitrogens with one attached hydrogen (secondary N) is 5. The summed E-state index contributed by atoms with van der Waals surface area (Å²) in [4.78, 5) is 177. The summed E-state index contributed by atoms with van der Waals surface area (Å²) < 4.78 is 5.58. The van der Waals surface area contributed by atoms with Crippen LogP contribution in [-0.2, 0) is 86.5 Å². The van der Waals surface area contributed by atoms with E-state index >= 15 is 14.4 Å². The average molecular weight is 1410 g/mol. The molecule has 0 aromatic heterocycles. The molecule has 4 aromatic rings. The number of nitrogens with two attached hydrogens (primary N) is 6. The van der Waals surface area contributed by atoms with Gasteiger partial charge in [0.1, 0.15) is 41.9 Å². The predicted molar refractivity (Wildman–Crippen MR) is 370 cm³/mol. The van der Waals surface area contributed by atoms with Gasteiger partial charge in [-0.3, -0.25) is 58.2 Å². The number of ether oxygens (including phenoxy) is 1. The number of nitrogens with zero attached hydrogens (tertiary/aromatic N) is 1. The molecule has 1 saturated heterocycles. The number of carbonyl (C=O) groups excluding carboxylic acids is 11. The van der Waals surface area contributed by atoms with Gasteiger partial charge in [-0.15, -0.1) is 0 Å². The number of esters is 1. The molecule has 1 heterocycles. The number of carbonyl (C=O) groups is 13. The van der Waals surface area contributed by atoms with Crippen molar-refractivity contribution in [2.45, 2.75) is 158 Å². The van der Waals surface area contributed by atoms with E-state index in [0.29, 0.717) is 36.9 Å². The van der Waals surface area contributed by atoms with Crippen LogP contribution in [0.2, 0.25) is 0 Å². The number of ketones is 2. The number of rotatable bonds is 39. The normalized spacial score (nSPS) is 16.6. The fourth-order valence-electron chi connectivity index (χ4n) is 11.4. The second-order valence-electron chi connectivity index (χ2n) is 24.6. The van der Waals surface area contributed by atoms with Crippen molar-refractivity contribution in [3.05, 3.63) is 138 Å². The molecule has 0 saturated carbocycles. The van der Waals surface area contributed by atoms with Gasteiger partial charge in [0.2, 0.25) is 41.4 Å². The molecule has 29 nitrogen and oxygen atoms in total. The summed E-state index contributed by atoms with van der Waals surface area (Å²) in [6, 6.07) is 18.5. The maximum atomic E-state index is 15.2. The number of hydrogen-bond donors (Lipinski definition) is 16. The highest BCUT2D eigenvalue weighted by Gasteiger charge is 2.72. The number of phenols is 1. The molecule has 5 rings (SSSR count). The van der Waals surface area contributed by atoms with E-state index in [1.54, 1.807) is 63.2 Å². The Morgan fingerprint density at radius 3 is 1.72 bits per heavy atom. The highest BCUT2D eigenvalue weighted by atomic mass is 32.1. The van der Waals surface area contributed by atoms with Crippen molar-refractivity contribution in [3.8, 4) is 5.75 Å². The lowest BCUT2D eigenvalue weighted by Crippen LogP contribution is -2.79. The van der Waals surface area contributed by atoms with Crippen LogP contribution in [0.15, 0.2) is 115 Å². The molecule has 0 radical (unpaired) electrons. The Morgan fingerprint density at radius 1 is 0.657 bits per heavy atom. The minimum absolute atomic E-state index is 0.00169. The molecule has 0 aliphatic carbocycles. The summed E-state index contributed by atoms with van der Waals surface area (Å²) in [6.45, 7) is 7.41. The van der Waals surface area contributed by atoms with Gasteiger partial charge in [0.15, 0.2) is 17.1 Å². The fraction of sp³-hybridized carbons (Fsp3) is 0.456. The van der Waals surface area contributed by atoms with Gasteiger partial charge in [-0.1, -0.05) is 137 Å². The number of carboxylic acids is 2. The number of imide groups is 1. The zero-order valence-corrected chi connectivity index (χ0v) is 57.4. The summed E-state index contributed by atoms with van der Waals surface area (Å²) in [5.41, 5.74) is 29.9. The molecular weight excluding hydrogens is 1320 g/mol. The van der Waals surface area contributed by atoms with E-state index in [2.05, 4.69) is 51.8 Å². The van der Waals surface area contributed by atoms with Crippen LogP contribution in [0.5, 0.6) is 5.75 Å². The summed E-state index contributed by atoms with van der Waals surface area (Å²) in [5, 5.41) is 44.9. The van der Waals surface area contributed by atoms with Gasteiger partial charge in [0.05, 0.1) is 30.2 Å². The molecule has 12 unspecified atom stereocenters. The maximum absolute atomic E-state index is 15.2. The van der Waals surface area contributed by atoms with E-state index in [1.165, 1.54) is 42.5 Å². The minimum Gasteiger partial charge on any atom is -0.508 e. The number of benzene rings is 4. The molecule has 1 aliphatic heterocycles. The zero-order chi connectivity index (χ0) is 73.9. The van der Waals surface area contributed by atoms with Crippen molar-refractivity contribution in [1.29, 1.82) is 0 Å². The van der Waals surface area contributed by atoms with Crippen LogP contribution in [0.3, 0.4) is 0 Å². The highest BCUT2D eigenvalue weighted by Crippen LogP contribution is 2.47. The first-order valence-electron chi connectivity index (χ1n) is 32.0. The topological polar surface area (TPSA) is 511 Å². The molecule has 0 spiro atoms. The molecule has 20 N–H and O–H groups in total. The Kier molecular flexibility index (Phi) is 32.8. The average Bonchev–Trinajstić information content (AvgIpc) is 0.937. The second kappa shape index (κ2) is 39.5. The van der Waals surface area contributed by atoms with Crippen LogP contribution in [0.4, 0.5) is 0 Å². The number of carboxylic acid groups (broad SMARTS) is 2. The largest absolute Gasteiger partial charge is 0.508 e. The Balaban J connectivity index is 0.000000430. The first-order chi connectivity index (χ1) is 46.8. The summed E-state index contributed by atoms with van der Waals surface area (Å²) in [7, 11) is 0. The maximum Gasteiger partial charge on any atom is 0.332 e. The third-order valence-electron chi connectivity index (χ3n) is 16.7. The third kappa shape index (κ3) is 23.0. The molecule has 1 aliphatic rings. The molecule has 99 heavy (non-hydrogen) atoms. The number of thiol groups is 2. The smallest absolute Gasteiger partial charge is 0.332 e. The summed E-state index contributed by atoms with van der Waals surface area (Å²) in [6.07, 6.45) is -3.49. The zero-order valence-electron chi connectivity index (χ0n) is 55.6. The number of aliphatic carboxylic acids is 2. The van der Waals surface area contributed by atoms with Gasteiger partial charge in [-0.05, 0) is 78.5 Å². The molecular formula is C68H92N12O17S2. The van der Waals surface area contributed by atoms with Crippen molar-refractivity contribution in [2.75, 3.05) is 18.1 Å². The Morgan fingerprint density at radius 2 is 1.22 bits per heavy atom. The van der Waals surface area contributed by atoms with Gasteiger partial charge >= 0.3 is 17.9 Å². The van der Waals surface area contributed by atoms with Crippen LogP contribution in [0.1, 0.15) is 107 Å². The van der Waals surface area contributed by atoms with E-state index in [9.17, 15) is 63.3 Å². The van der Waals surface area contributed by atoms with Crippen molar-refractivity contribution in [1.82, 2.24) is 31.5 Å². The van der Waals surface area contributed by atoms with Crippen LogP contribution < -0.4 is 61.0 Å². The van der Waals surface area contributed by atoms with Gasteiger partial charge in [-0.25, -0.2) is 14.4 Å². The monoisotopic (exact) mass is 1410 g/mol. The van der Waals surface area contributed by atoms with E-state index in [0.717, 1.165) is 5.56 Å². The van der Waals surface area contributed by atoms with Crippen molar-refractivity contribution >= 4 is 102 Å². The first-order valence-corrected chi connectivity index (χ1v) is 33.3. The van der Waals surface area contributed by atoms with Gasteiger partial charge in [0, 0.05) is 43.6 Å². The number of Topliss-reactive ketones (excluding diaryl/α,β-unsaturated/α-hetero) is 2. The standard InChI is InChI=1S/C35H53N9O10S.C33H39N3O7S/c1-18(2)13-24(43-30(50)23-9-6-12-42-23)32(52)44(31(51)22(38)17-55)35(33(53)54,15-19-7-4-3-5-8-19)34(16-27(41)47,29(49)21(37)14-26(40)46)28(48)20(36)10-11-25(39)45;1-3-21(2)28(32(40)41)36-30(38)26(18-22-14-16-25(37)17-15-22)35-31(39)27(20-44)34-29(24-12-8-5-9-13-24)33(42)43-19-23-10-6-4-7-11-23/h3-5,7-8,18,20-24,42,55H,6,9-17,36-38H2,1-2H3,(H2,39,45)(H2,40,46)(H2,41,47)(H,43,50)(H,53,54);4-17,21,26-29,34,37,44H,3,18-20H2,1-2H3,(H,35,39)(H,36,38)(H,40,41). The quantitative estimate of drug-likeness (QED) is 0.0161. The fourth-order valence-corrected chi connectivity index (χ4v) is 11.8. The van der Waals surface area contributed by atoms with Crippen molar-refractivity contribution in [2.24, 2.45) is 51.7 Å². The number of hydrogen-bond acceptors (Lipinski definition) is 22. The Hall–Kier alpha value is -9.11. The van der Waals surface area contributed by atoms with Crippen LogP contribution >= 0.6 is 25.3 Å². The summed E-state index contributed by atoms with van der Waals surface area (Å²) >= 11 is 8.44. The predicted octanol–water partition coefficient (Wildman–Crippen LogP) is 0.151. The lowest BCUT2D eigenvalue weighted by atomic mass is 9.56. The Labute approximate surface area is 584 Å². The van der Waals surface area contributed by atoms with E-state index in [4.69, 9.17) is 39.1 Å².